The molecular formula is C52H86N14O11. The number of aliphatic carboxylic acids is 1. The molecule has 0 aromatic heterocycles. The summed E-state index contributed by atoms with van der Waals surface area (Å²) in [5.74, 6) is -4.13. The van der Waals surface area contributed by atoms with E-state index in [1.54, 1.807) is 62.4 Å². The maximum atomic E-state index is 13.6. The van der Waals surface area contributed by atoms with Crippen molar-refractivity contribution in [1.29, 1.82) is 0 Å². The molecule has 25 heteroatoms. The Labute approximate surface area is 452 Å². The number of aliphatic imine (C=N–C) groups is 2. The predicted octanol–water partition coefficient (Wildman–Crippen LogP) is 0.886. The number of anilines is 2. The van der Waals surface area contributed by atoms with E-state index in [1.807, 2.05) is 20.9 Å². The van der Waals surface area contributed by atoms with Crippen LogP contribution in [0.5, 0.6) is 0 Å². The molecule has 0 saturated carbocycles. The largest absolute Gasteiger partial charge is 0.480 e. The predicted molar refractivity (Wildman–Crippen MR) is 295 cm³/mol. The summed E-state index contributed by atoms with van der Waals surface area (Å²) in [4.78, 5) is 97.1. The fraction of sp³-hybridized carbons (Fsp3) is 0.596. The first-order chi connectivity index (χ1) is 36.4. The Balaban J connectivity index is 1.85. The number of nitrogens with one attached hydrogen (secondary N) is 8. The minimum Gasteiger partial charge on any atom is -0.480 e. The average Bonchev–Trinajstić information content (AvgIpc) is 3.35. The number of guanidine groups is 2. The molecule has 77 heavy (non-hydrogen) atoms. The van der Waals surface area contributed by atoms with Gasteiger partial charge in [-0.15, -0.1) is 0 Å². The second kappa shape index (κ2) is 36.2. The number of likely N-dealkylation sites (N-methyl/N-ethyl adjacent to an activating group) is 1. The van der Waals surface area contributed by atoms with Gasteiger partial charge in [-0.05, 0) is 134 Å². The first-order valence-corrected chi connectivity index (χ1v) is 26.0. The van der Waals surface area contributed by atoms with Crippen LogP contribution in [0.25, 0.3) is 0 Å². The van der Waals surface area contributed by atoms with Crippen molar-refractivity contribution >= 4 is 64.7 Å². The smallest absolute Gasteiger partial charge is 0.326 e. The van der Waals surface area contributed by atoms with Crippen LogP contribution in [-0.4, -0.2) is 139 Å². The van der Waals surface area contributed by atoms with E-state index in [0.717, 1.165) is 11.1 Å². The van der Waals surface area contributed by atoms with Gasteiger partial charge in [-0.1, -0.05) is 24.3 Å². The molecular weight excluding hydrogens is 997 g/mol. The Morgan fingerprint density at radius 2 is 1.10 bits per heavy atom. The van der Waals surface area contributed by atoms with E-state index in [4.69, 9.17) is 32.4 Å². The Hall–Kier alpha value is -6.93. The summed E-state index contributed by atoms with van der Waals surface area (Å²) in [5.41, 5.74) is 23.0. The third-order valence-corrected chi connectivity index (χ3v) is 11.7. The number of nitrogens with zero attached hydrogens (tertiary/aromatic N) is 2. The number of carbonyl (C=O) groups excluding carboxylic acids is 6. The molecule has 430 valence electrons. The lowest BCUT2D eigenvalue weighted by atomic mass is 10.0. The summed E-state index contributed by atoms with van der Waals surface area (Å²) in [7, 11) is 1.84. The van der Waals surface area contributed by atoms with Crippen molar-refractivity contribution < 1.29 is 53.2 Å². The Kier molecular flexibility index (Phi) is 31.1. The zero-order valence-electron chi connectivity index (χ0n) is 45.5. The van der Waals surface area contributed by atoms with Crippen LogP contribution >= 0.6 is 0 Å². The molecule has 0 spiro atoms. The van der Waals surface area contributed by atoms with Gasteiger partial charge < -0.3 is 79.8 Å². The number of aliphatic hydroxyl groups is 1. The summed E-state index contributed by atoms with van der Waals surface area (Å²) in [6.45, 7) is 9.62. The lowest BCUT2D eigenvalue weighted by molar-refractivity contribution is -0.142. The fourth-order valence-corrected chi connectivity index (χ4v) is 7.34. The number of hydrogen-bond acceptors (Lipinski definition) is 14. The summed E-state index contributed by atoms with van der Waals surface area (Å²) >= 11 is 0. The molecule has 2 rings (SSSR count). The monoisotopic (exact) mass is 1080 g/mol. The highest BCUT2D eigenvalue weighted by molar-refractivity contribution is 5.94. The number of carbonyl (C=O) groups is 7. The van der Waals surface area contributed by atoms with Crippen molar-refractivity contribution in [1.82, 2.24) is 31.9 Å². The second-order valence-electron chi connectivity index (χ2n) is 19.7. The molecule has 0 aliphatic heterocycles. The topological polar surface area (TPSA) is 403 Å². The molecule has 0 bridgehead atoms. The Morgan fingerprint density at radius 3 is 1.66 bits per heavy atom. The summed E-state index contributed by atoms with van der Waals surface area (Å²) in [5, 5.41) is 42.4. The Morgan fingerprint density at radius 1 is 0.584 bits per heavy atom. The molecule has 18 N–H and O–H groups in total. The van der Waals surface area contributed by atoms with E-state index in [1.165, 1.54) is 0 Å². The van der Waals surface area contributed by atoms with Crippen LogP contribution in [0.2, 0.25) is 0 Å². The van der Waals surface area contributed by atoms with Gasteiger partial charge in [-0.25, -0.2) is 14.8 Å². The van der Waals surface area contributed by atoms with Gasteiger partial charge in [0.1, 0.15) is 18.3 Å². The number of aliphatic hydroxyl groups excluding tert-OH is 1. The van der Waals surface area contributed by atoms with Gasteiger partial charge in [-0.3, -0.25) is 34.1 Å². The number of unbranched alkanes of at least 4 members (excludes halogenated alkanes) is 2. The third-order valence-electron chi connectivity index (χ3n) is 11.7. The van der Waals surface area contributed by atoms with E-state index >= 15 is 0 Å². The van der Waals surface area contributed by atoms with Crippen molar-refractivity contribution in [3.05, 3.63) is 59.7 Å². The van der Waals surface area contributed by atoms with Crippen LogP contribution in [0.1, 0.15) is 122 Å². The van der Waals surface area contributed by atoms with Crippen LogP contribution < -0.4 is 65.5 Å². The number of carboxylic acid groups (broad SMARTS) is 1. The number of amides is 6. The second-order valence-corrected chi connectivity index (χ2v) is 19.7. The molecule has 0 aliphatic rings. The fourth-order valence-electron chi connectivity index (χ4n) is 7.34. The van der Waals surface area contributed by atoms with Crippen molar-refractivity contribution in [2.75, 3.05) is 57.1 Å². The SMILES string of the molecule is CNCCOC(C)(C)CCOC(C)(C)CC(=O)NC(CCCCNC(O)CCCC(=O)Nc1ccc(CN=C(N)N)cc1)C(=O)NCC(=O)NC(CCCCNC(=O)CCC(=O)Nc1ccc(CN=C(N)N)cc1)C(=O)O. The minimum atomic E-state index is -1.29. The van der Waals surface area contributed by atoms with E-state index in [2.05, 4.69) is 52.5 Å². The third kappa shape index (κ3) is 32.3. The normalized spacial score (nSPS) is 12.5. The van der Waals surface area contributed by atoms with E-state index < -0.39 is 59.7 Å². The minimum absolute atomic E-state index is 0.0136. The van der Waals surface area contributed by atoms with Crippen LogP contribution in [-0.2, 0) is 56.1 Å². The van der Waals surface area contributed by atoms with Crippen molar-refractivity contribution in [2.45, 2.75) is 154 Å². The molecule has 2 aromatic rings. The number of carboxylic acids is 1. The standard InChI is InChI=1S/C52H86N14O11/c1-51(2,77-30-28-57-5)25-29-76-52(3,4)31-45(71)65-39(11-6-8-26-58-41(67)13-10-14-43(69)63-37-19-15-35(16-20-37)32-61-49(53)54)47(73)60-34-46(72)66-40(48(74)75)12-7-9-27-59-42(68)23-24-44(70)64-38-21-17-36(18-22-38)33-62-50(55)56/h15-22,39-41,57-58,67H,6-14,23-34H2,1-5H3,(H,59,68)(H,60,73)(H,63,69)(H,64,70)(H,65,71)(H,66,72)(H,74,75)(H4,53,54,61)(H4,55,56,62). The maximum absolute atomic E-state index is 13.6. The Bertz CT molecular complexity index is 2200. The highest BCUT2D eigenvalue weighted by Crippen LogP contribution is 2.20. The molecule has 0 fully saturated rings. The van der Waals surface area contributed by atoms with Gasteiger partial charge in [0, 0.05) is 43.7 Å². The van der Waals surface area contributed by atoms with E-state index in [0.29, 0.717) is 95.7 Å². The molecule has 3 unspecified atom stereocenters. The van der Waals surface area contributed by atoms with Gasteiger partial charge in [0.2, 0.25) is 35.4 Å². The van der Waals surface area contributed by atoms with Crippen molar-refractivity contribution in [3.8, 4) is 0 Å². The van der Waals surface area contributed by atoms with Gasteiger partial charge in [0.05, 0.1) is 50.5 Å². The lowest BCUT2D eigenvalue weighted by Gasteiger charge is -2.30. The van der Waals surface area contributed by atoms with Crippen molar-refractivity contribution in [2.24, 2.45) is 32.9 Å². The van der Waals surface area contributed by atoms with Crippen molar-refractivity contribution in [3.63, 3.8) is 0 Å². The van der Waals surface area contributed by atoms with E-state index in [9.17, 15) is 43.8 Å². The summed E-state index contributed by atoms with van der Waals surface area (Å²) in [6, 6.07) is 11.7. The highest BCUT2D eigenvalue weighted by atomic mass is 16.5. The average molecular weight is 1080 g/mol. The maximum Gasteiger partial charge on any atom is 0.326 e. The zero-order chi connectivity index (χ0) is 57.2. The first-order valence-electron chi connectivity index (χ1n) is 26.0. The van der Waals surface area contributed by atoms with Crippen LogP contribution in [0.4, 0.5) is 11.4 Å². The number of benzene rings is 2. The summed E-state index contributed by atoms with van der Waals surface area (Å²) in [6.07, 6.45) is 2.21. The lowest BCUT2D eigenvalue weighted by Crippen LogP contribution is -2.51. The first kappa shape index (κ1) is 66.2. The molecule has 25 nitrogen and oxygen atoms in total. The van der Waals surface area contributed by atoms with Crippen LogP contribution in [0, 0.1) is 0 Å². The van der Waals surface area contributed by atoms with Crippen LogP contribution in [0.15, 0.2) is 58.5 Å². The van der Waals surface area contributed by atoms with E-state index in [-0.39, 0.29) is 74.7 Å². The van der Waals surface area contributed by atoms with Gasteiger partial charge >= 0.3 is 5.97 Å². The summed E-state index contributed by atoms with van der Waals surface area (Å²) < 4.78 is 12.0. The molecule has 3 atom stereocenters. The van der Waals surface area contributed by atoms with Crippen LogP contribution in [0.3, 0.4) is 0 Å². The number of rotatable bonds is 40. The van der Waals surface area contributed by atoms with Gasteiger partial charge in [0.25, 0.3) is 0 Å². The zero-order valence-corrected chi connectivity index (χ0v) is 45.5. The molecule has 0 radical (unpaired) electrons. The molecule has 0 saturated heterocycles. The number of nitrogens with two attached hydrogens (primary N) is 4. The molecule has 6 amide bonds. The van der Waals surface area contributed by atoms with Gasteiger partial charge in [-0.2, -0.15) is 0 Å². The number of hydrogen-bond donors (Lipinski definition) is 14. The highest BCUT2D eigenvalue weighted by Gasteiger charge is 2.29. The quantitative estimate of drug-likeness (QED) is 0.0191. The number of ether oxygens (including phenoxy) is 2. The molecule has 2 aromatic carbocycles. The molecule has 0 heterocycles. The van der Waals surface area contributed by atoms with Gasteiger partial charge in [0.15, 0.2) is 11.9 Å². The molecule has 0 aliphatic carbocycles.